The van der Waals surface area contributed by atoms with Crippen LogP contribution in [0.5, 0.6) is 0 Å². The number of hydrogen-bond donors (Lipinski definition) is 2. The average Bonchev–Trinajstić information content (AvgIpc) is 2.20. The van der Waals surface area contributed by atoms with E-state index in [1.165, 1.54) is 12.1 Å². The van der Waals surface area contributed by atoms with Crippen LogP contribution in [0.1, 0.15) is 0 Å². The number of benzene rings is 1. The highest BCUT2D eigenvalue weighted by Crippen LogP contribution is 2.14. The monoisotopic (exact) mass is 230 g/mol. The molecule has 84 valence electrons. The molecule has 0 bridgehead atoms. The first-order valence-corrected chi connectivity index (χ1v) is 4.69. The number of nitro benzene ring substituents is 1. The van der Waals surface area contributed by atoms with Gasteiger partial charge in [0.15, 0.2) is 0 Å². The zero-order chi connectivity index (χ0) is 11.7. The lowest BCUT2D eigenvalue weighted by atomic mass is 10.3. The van der Waals surface area contributed by atoms with E-state index in [0.717, 1.165) is 0 Å². The van der Waals surface area contributed by atoms with Crippen molar-refractivity contribution in [3.63, 3.8) is 0 Å². The molecule has 0 heterocycles. The number of ether oxygens (including phenoxy) is 1. The predicted molar refractivity (Wildman–Crippen MR) is 61.3 cm³/mol. The Balaban J connectivity index is 0.000000336. The van der Waals surface area contributed by atoms with Gasteiger partial charge in [-0.15, -0.1) is 12.6 Å². The fraction of sp³-hybridized carbons (Fsp3) is 0.333. The number of nitrogens with zero attached hydrogens (tertiary/aromatic N) is 1. The number of nitrogens with two attached hydrogens (primary N) is 1. The van der Waals surface area contributed by atoms with Gasteiger partial charge in [-0.3, -0.25) is 10.1 Å². The summed E-state index contributed by atoms with van der Waals surface area (Å²) < 4.78 is 4.57. The Hall–Kier alpha value is -1.11. The molecule has 0 saturated carbocycles. The second-order valence-electron chi connectivity index (χ2n) is 2.56. The number of hydrogen-bond acceptors (Lipinski definition) is 5. The SMILES string of the molecule is COCCN.O=[N+]([O-])c1cccc(S)c1. The average molecular weight is 230 g/mol. The van der Waals surface area contributed by atoms with E-state index in [9.17, 15) is 10.1 Å². The maximum Gasteiger partial charge on any atom is 0.270 e. The van der Waals surface area contributed by atoms with Gasteiger partial charge in [-0.2, -0.15) is 0 Å². The second-order valence-corrected chi connectivity index (χ2v) is 3.07. The summed E-state index contributed by atoms with van der Waals surface area (Å²) in [6.07, 6.45) is 0. The van der Waals surface area contributed by atoms with Crippen LogP contribution in [-0.4, -0.2) is 25.2 Å². The molecule has 0 spiro atoms. The topological polar surface area (TPSA) is 78.4 Å². The minimum atomic E-state index is -0.445. The number of rotatable bonds is 3. The van der Waals surface area contributed by atoms with Crippen molar-refractivity contribution in [3.05, 3.63) is 34.4 Å². The normalized spacial score (nSPS) is 9.00. The summed E-state index contributed by atoms with van der Waals surface area (Å²) in [5, 5.41) is 10.1. The largest absolute Gasteiger partial charge is 0.383 e. The molecular weight excluding hydrogens is 216 g/mol. The Kier molecular flexibility index (Phi) is 7.61. The Morgan fingerprint density at radius 1 is 1.60 bits per heavy atom. The van der Waals surface area contributed by atoms with Crippen molar-refractivity contribution >= 4 is 18.3 Å². The maximum absolute atomic E-state index is 10.1. The third-order valence-corrected chi connectivity index (χ3v) is 1.64. The van der Waals surface area contributed by atoms with Crippen molar-refractivity contribution in [3.8, 4) is 0 Å². The third-order valence-electron chi connectivity index (χ3n) is 1.36. The van der Waals surface area contributed by atoms with Gasteiger partial charge in [-0.25, -0.2) is 0 Å². The molecule has 0 aliphatic rings. The summed E-state index contributed by atoms with van der Waals surface area (Å²) in [4.78, 5) is 10.3. The summed E-state index contributed by atoms with van der Waals surface area (Å²) in [6, 6.07) is 6.12. The van der Waals surface area contributed by atoms with E-state index in [0.29, 0.717) is 18.0 Å². The lowest BCUT2D eigenvalue weighted by molar-refractivity contribution is -0.385. The number of nitro groups is 1. The van der Waals surface area contributed by atoms with Crippen molar-refractivity contribution in [2.45, 2.75) is 4.90 Å². The molecular formula is C9H14N2O3S. The van der Waals surface area contributed by atoms with Crippen LogP contribution in [0.25, 0.3) is 0 Å². The Labute approximate surface area is 93.8 Å². The number of methoxy groups -OCH3 is 1. The standard InChI is InChI=1S/C6H5NO2S.C3H9NO/c8-7(9)5-2-1-3-6(10)4-5;1-5-3-2-4/h1-4,10H;2-4H2,1H3. The van der Waals surface area contributed by atoms with E-state index in [1.807, 2.05) is 0 Å². The minimum absolute atomic E-state index is 0.0764. The lowest BCUT2D eigenvalue weighted by Crippen LogP contribution is -2.05. The first-order valence-electron chi connectivity index (χ1n) is 4.24. The van der Waals surface area contributed by atoms with Crippen molar-refractivity contribution in [1.29, 1.82) is 0 Å². The summed E-state index contributed by atoms with van der Waals surface area (Å²) in [5.74, 6) is 0. The van der Waals surface area contributed by atoms with Gasteiger partial charge in [0.25, 0.3) is 5.69 Å². The highest BCUT2D eigenvalue weighted by Gasteiger charge is 2.02. The van der Waals surface area contributed by atoms with Crippen molar-refractivity contribution in [1.82, 2.24) is 0 Å². The van der Waals surface area contributed by atoms with Crippen LogP contribution in [0.15, 0.2) is 29.2 Å². The maximum atomic E-state index is 10.1. The van der Waals surface area contributed by atoms with Crippen molar-refractivity contribution < 1.29 is 9.66 Å². The van der Waals surface area contributed by atoms with E-state index in [1.54, 1.807) is 19.2 Å². The molecule has 0 saturated heterocycles. The molecule has 0 amide bonds. The fourth-order valence-electron chi connectivity index (χ4n) is 0.724. The molecule has 1 rings (SSSR count). The molecule has 15 heavy (non-hydrogen) atoms. The molecule has 0 radical (unpaired) electrons. The molecule has 0 unspecified atom stereocenters. The smallest absolute Gasteiger partial charge is 0.270 e. The minimum Gasteiger partial charge on any atom is -0.383 e. The van der Waals surface area contributed by atoms with Gasteiger partial charge in [-0.05, 0) is 6.07 Å². The Morgan fingerprint density at radius 3 is 2.53 bits per heavy atom. The van der Waals surface area contributed by atoms with E-state index >= 15 is 0 Å². The van der Waals surface area contributed by atoms with Gasteiger partial charge in [0.05, 0.1) is 11.5 Å². The van der Waals surface area contributed by atoms with Crippen molar-refractivity contribution in [2.24, 2.45) is 5.73 Å². The summed E-state index contributed by atoms with van der Waals surface area (Å²) in [5.41, 5.74) is 5.09. The highest BCUT2D eigenvalue weighted by molar-refractivity contribution is 7.80. The quantitative estimate of drug-likeness (QED) is 0.468. The number of thiol groups is 1. The van der Waals surface area contributed by atoms with E-state index in [2.05, 4.69) is 17.4 Å². The molecule has 0 aliphatic heterocycles. The van der Waals surface area contributed by atoms with Crippen LogP contribution in [0.3, 0.4) is 0 Å². The van der Waals surface area contributed by atoms with Gasteiger partial charge < -0.3 is 10.5 Å². The Bertz CT molecular complexity index is 305. The van der Waals surface area contributed by atoms with Crippen LogP contribution >= 0.6 is 12.6 Å². The van der Waals surface area contributed by atoms with Gasteiger partial charge >= 0.3 is 0 Å². The Morgan fingerprint density at radius 2 is 2.27 bits per heavy atom. The summed E-state index contributed by atoms with van der Waals surface area (Å²) >= 11 is 3.94. The lowest BCUT2D eigenvalue weighted by Gasteiger charge is -1.90. The molecule has 0 aliphatic carbocycles. The van der Waals surface area contributed by atoms with Gasteiger partial charge in [-0.1, -0.05) is 6.07 Å². The van der Waals surface area contributed by atoms with Crippen LogP contribution in [-0.2, 0) is 4.74 Å². The first kappa shape index (κ1) is 13.9. The van der Waals surface area contributed by atoms with Gasteiger partial charge in [0.1, 0.15) is 0 Å². The van der Waals surface area contributed by atoms with E-state index in [4.69, 9.17) is 5.73 Å². The summed E-state index contributed by atoms with van der Waals surface area (Å²) in [6.45, 7) is 1.29. The first-order chi connectivity index (χ1) is 7.11. The molecule has 5 nitrogen and oxygen atoms in total. The van der Waals surface area contributed by atoms with E-state index < -0.39 is 4.92 Å². The highest BCUT2D eigenvalue weighted by atomic mass is 32.1. The van der Waals surface area contributed by atoms with Crippen LogP contribution in [0.4, 0.5) is 5.69 Å². The van der Waals surface area contributed by atoms with Gasteiger partial charge in [0.2, 0.25) is 0 Å². The third kappa shape index (κ3) is 6.89. The fourth-order valence-corrected chi connectivity index (χ4v) is 0.943. The van der Waals surface area contributed by atoms with Crippen LogP contribution in [0, 0.1) is 10.1 Å². The molecule has 1 aromatic carbocycles. The van der Waals surface area contributed by atoms with Crippen LogP contribution < -0.4 is 5.73 Å². The van der Waals surface area contributed by atoms with E-state index in [-0.39, 0.29) is 5.69 Å². The van der Waals surface area contributed by atoms with Crippen molar-refractivity contribution in [2.75, 3.05) is 20.3 Å². The molecule has 0 fully saturated rings. The number of non-ortho nitro benzene ring substituents is 1. The summed E-state index contributed by atoms with van der Waals surface area (Å²) in [7, 11) is 1.63. The molecule has 0 atom stereocenters. The second kappa shape index (κ2) is 8.22. The molecule has 6 heteroatoms. The molecule has 1 aromatic rings. The van der Waals surface area contributed by atoms with Crippen LogP contribution in [0.2, 0.25) is 0 Å². The molecule has 2 N–H and O–H groups in total. The predicted octanol–water partition coefficient (Wildman–Crippen LogP) is 1.48. The zero-order valence-corrected chi connectivity index (χ0v) is 9.31. The molecule has 0 aromatic heterocycles. The zero-order valence-electron chi connectivity index (χ0n) is 8.42. The van der Waals surface area contributed by atoms with Gasteiger partial charge in [0, 0.05) is 30.7 Å².